The van der Waals surface area contributed by atoms with Crippen molar-refractivity contribution in [2.24, 2.45) is 0 Å². The molecule has 5 heteroatoms. The van der Waals surface area contributed by atoms with E-state index in [-0.39, 0.29) is 0 Å². The zero-order valence-corrected chi connectivity index (χ0v) is 11.0. The van der Waals surface area contributed by atoms with E-state index in [1.54, 1.807) is 12.7 Å². The van der Waals surface area contributed by atoms with Gasteiger partial charge in [-0.05, 0) is 25.5 Å². The molecule has 1 N–H and O–H groups in total. The first-order chi connectivity index (χ1) is 8.78. The molecule has 1 atom stereocenters. The van der Waals surface area contributed by atoms with Crippen molar-refractivity contribution < 1.29 is 4.42 Å². The first-order valence-electron chi connectivity index (χ1n) is 6.41. The number of aromatic nitrogens is 3. The van der Waals surface area contributed by atoms with Gasteiger partial charge in [-0.1, -0.05) is 6.92 Å². The predicted molar refractivity (Wildman–Crippen MR) is 69.0 cm³/mol. The average molecular weight is 248 g/mol. The summed E-state index contributed by atoms with van der Waals surface area (Å²) in [6.45, 7) is 5.92. The molecule has 0 unspecified atom stereocenters. The first-order valence-corrected chi connectivity index (χ1v) is 6.41. The molecule has 0 amide bonds. The lowest BCUT2D eigenvalue weighted by Crippen LogP contribution is -2.26. The quantitative estimate of drug-likeness (QED) is 0.814. The van der Waals surface area contributed by atoms with Crippen LogP contribution in [0.4, 0.5) is 0 Å². The van der Waals surface area contributed by atoms with E-state index in [4.69, 9.17) is 4.42 Å². The van der Waals surface area contributed by atoms with Gasteiger partial charge in [0, 0.05) is 19.0 Å². The minimum atomic E-state index is 0.421. The number of nitrogens with zero attached hydrogens (tertiary/aromatic N) is 3. The van der Waals surface area contributed by atoms with Crippen molar-refractivity contribution in [1.82, 2.24) is 20.1 Å². The normalized spacial score (nSPS) is 12.8. The van der Waals surface area contributed by atoms with Crippen LogP contribution in [0.15, 0.2) is 29.2 Å². The molecule has 2 aromatic heterocycles. The monoisotopic (exact) mass is 248 g/mol. The third-order valence-corrected chi connectivity index (χ3v) is 2.95. The van der Waals surface area contributed by atoms with Gasteiger partial charge in [-0.25, -0.2) is 4.98 Å². The van der Waals surface area contributed by atoms with Gasteiger partial charge in [0.2, 0.25) is 0 Å². The summed E-state index contributed by atoms with van der Waals surface area (Å²) in [7, 11) is 0. The second-order valence-corrected chi connectivity index (χ2v) is 4.45. The number of aryl methyl sites for hydroxylation is 2. The molecule has 0 spiro atoms. The van der Waals surface area contributed by atoms with Gasteiger partial charge in [-0.15, -0.1) is 0 Å². The minimum Gasteiger partial charge on any atom is -0.465 e. The second kappa shape index (κ2) is 6.35. The van der Waals surface area contributed by atoms with Gasteiger partial charge in [0.1, 0.15) is 24.2 Å². The lowest BCUT2D eigenvalue weighted by Gasteiger charge is -2.12. The summed E-state index contributed by atoms with van der Waals surface area (Å²) in [6, 6.07) is 4.50. The number of nitrogens with one attached hydrogen (secondary N) is 1. The van der Waals surface area contributed by atoms with Gasteiger partial charge in [0.15, 0.2) is 0 Å². The van der Waals surface area contributed by atoms with Crippen LogP contribution < -0.4 is 5.32 Å². The van der Waals surface area contributed by atoms with E-state index in [1.807, 2.05) is 16.8 Å². The van der Waals surface area contributed by atoms with Crippen LogP contribution in [-0.2, 0) is 19.5 Å². The number of rotatable bonds is 7. The Labute approximate surface area is 107 Å². The second-order valence-electron chi connectivity index (χ2n) is 4.45. The van der Waals surface area contributed by atoms with Crippen LogP contribution in [0.3, 0.4) is 0 Å². The van der Waals surface area contributed by atoms with E-state index < -0.39 is 0 Å². The van der Waals surface area contributed by atoms with Crippen LogP contribution in [0.2, 0.25) is 0 Å². The summed E-state index contributed by atoms with van der Waals surface area (Å²) in [5.41, 5.74) is 0. The van der Waals surface area contributed by atoms with Gasteiger partial charge < -0.3 is 9.73 Å². The zero-order chi connectivity index (χ0) is 12.8. The Kier molecular flexibility index (Phi) is 4.52. The number of furan rings is 1. The van der Waals surface area contributed by atoms with Crippen LogP contribution in [-0.4, -0.2) is 20.8 Å². The Hall–Kier alpha value is -1.62. The molecule has 0 aliphatic carbocycles. The van der Waals surface area contributed by atoms with Gasteiger partial charge in [-0.2, -0.15) is 5.10 Å². The molecule has 5 nitrogen and oxygen atoms in total. The molecule has 0 aliphatic heterocycles. The predicted octanol–water partition coefficient (Wildman–Crippen LogP) is 2.00. The Morgan fingerprint density at radius 3 is 2.89 bits per heavy atom. The number of hydrogen-bond donors (Lipinski definition) is 1. The fraction of sp³-hybridized carbons (Fsp3) is 0.538. The van der Waals surface area contributed by atoms with Crippen molar-refractivity contribution >= 4 is 0 Å². The van der Waals surface area contributed by atoms with E-state index in [0.29, 0.717) is 6.04 Å². The standard InChI is InChI=1S/C13H20N4O/c1-3-12-4-5-13(18-12)8-15-11(2)6-7-17-10-14-9-16-17/h4-5,9-11,15H,3,6-8H2,1-2H3/t11-/m0/s1. The molecule has 2 aromatic rings. The SMILES string of the molecule is CCc1ccc(CN[C@@H](C)CCn2cncn2)o1. The third-order valence-electron chi connectivity index (χ3n) is 2.95. The third kappa shape index (κ3) is 3.70. The summed E-state index contributed by atoms with van der Waals surface area (Å²) in [5.74, 6) is 2.04. The molecular formula is C13H20N4O. The Morgan fingerprint density at radius 1 is 1.39 bits per heavy atom. The maximum atomic E-state index is 5.64. The summed E-state index contributed by atoms with van der Waals surface area (Å²) >= 11 is 0. The van der Waals surface area contributed by atoms with Gasteiger partial charge >= 0.3 is 0 Å². The van der Waals surface area contributed by atoms with Crippen LogP contribution in [0.25, 0.3) is 0 Å². The maximum absolute atomic E-state index is 5.64. The van der Waals surface area contributed by atoms with Crippen LogP contribution >= 0.6 is 0 Å². The molecular weight excluding hydrogens is 228 g/mol. The smallest absolute Gasteiger partial charge is 0.137 e. The molecule has 0 saturated heterocycles. The molecule has 0 saturated carbocycles. The summed E-state index contributed by atoms with van der Waals surface area (Å²) in [5, 5.41) is 7.52. The van der Waals surface area contributed by atoms with Gasteiger partial charge in [-0.3, -0.25) is 4.68 Å². The Morgan fingerprint density at radius 2 is 2.22 bits per heavy atom. The van der Waals surface area contributed by atoms with Crippen LogP contribution in [0, 0.1) is 0 Å². The lowest BCUT2D eigenvalue weighted by molar-refractivity contribution is 0.409. The highest BCUT2D eigenvalue weighted by atomic mass is 16.3. The van der Waals surface area contributed by atoms with E-state index in [0.717, 1.165) is 37.5 Å². The largest absolute Gasteiger partial charge is 0.465 e. The van der Waals surface area contributed by atoms with E-state index in [2.05, 4.69) is 29.2 Å². The fourth-order valence-electron chi connectivity index (χ4n) is 1.76. The maximum Gasteiger partial charge on any atom is 0.137 e. The molecule has 2 rings (SSSR count). The molecule has 2 heterocycles. The average Bonchev–Trinajstić information content (AvgIpc) is 3.04. The highest BCUT2D eigenvalue weighted by Gasteiger charge is 2.05. The Bertz CT molecular complexity index is 449. The zero-order valence-electron chi connectivity index (χ0n) is 11.0. The first kappa shape index (κ1) is 12.8. The summed E-state index contributed by atoms with van der Waals surface area (Å²) in [6.07, 6.45) is 5.27. The van der Waals surface area contributed by atoms with Gasteiger partial charge in [0.05, 0.1) is 6.54 Å². The van der Waals surface area contributed by atoms with E-state index in [1.165, 1.54) is 0 Å². The van der Waals surface area contributed by atoms with Crippen molar-refractivity contribution in [2.45, 2.75) is 45.8 Å². The number of hydrogen-bond acceptors (Lipinski definition) is 4. The van der Waals surface area contributed by atoms with Crippen molar-refractivity contribution in [3.63, 3.8) is 0 Å². The Balaban J connectivity index is 1.69. The molecule has 0 aliphatic rings. The van der Waals surface area contributed by atoms with E-state index in [9.17, 15) is 0 Å². The van der Waals surface area contributed by atoms with E-state index >= 15 is 0 Å². The van der Waals surface area contributed by atoms with Crippen molar-refractivity contribution in [1.29, 1.82) is 0 Å². The molecule has 0 aromatic carbocycles. The molecule has 0 bridgehead atoms. The van der Waals surface area contributed by atoms with Crippen molar-refractivity contribution in [2.75, 3.05) is 0 Å². The summed E-state index contributed by atoms with van der Waals surface area (Å²) < 4.78 is 7.49. The van der Waals surface area contributed by atoms with Gasteiger partial charge in [0.25, 0.3) is 0 Å². The van der Waals surface area contributed by atoms with Crippen LogP contribution in [0.5, 0.6) is 0 Å². The highest BCUT2D eigenvalue weighted by Crippen LogP contribution is 2.08. The molecule has 98 valence electrons. The van der Waals surface area contributed by atoms with Crippen molar-refractivity contribution in [3.8, 4) is 0 Å². The minimum absolute atomic E-state index is 0.421. The molecule has 0 radical (unpaired) electrons. The topological polar surface area (TPSA) is 55.9 Å². The molecule has 0 fully saturated rings. The molecule has 18 heavy (non-hydrogen) atoms. The highest BCUT2D eigenvalue weighted by molar-refractivity contribution is 5.06. The van der Waals surface area contributed by atoms with Crippen molar-refractivity contribution in [3.05, 3.63) is 36.3 Å². The summed E-state index contributed by atoms with van der Waals surface area (Å²) in [4.78, 5) is 3.92. The fourth-order valence-corrected chi connectivity index (χ4v) is 1.76. The lowest BCUT2D eigenvalue weighted by atomic mass is 10.2. The van der Waals surface area contributed by atoms with Crippen LogP contribution in [0.1, 0.15) is 31.8 Å².